The third-order valence-electron chi connectivity index (χ3n) is 4.16. The molecule has 0 saturated heterocycles. The molecular weight excluding hydrogens is 280 g/mol. The normalized spacial score (nSPS) is 21.1. The van der Waals surface area contributed by atoms with Gasteiger partial charge in [0.25, 0.3) is 0 Å². The number of hydrogen-bond donors (Lipinski definition) is 0. The van der Waals surface area contributed by atoms with Crippen molar-refractivity contribution in [2.45, 2.75) is 45.6 Å². The molecule has 0 N–H and O–H groups in total. The molecule has 0 amide bonds. The Hall–Kier alpha value is -1.84. The van der Waals surface area contributed by atoms with E-state index in [2.05, 4.69) is 0 Å². The third-order valence-corrected chi connectivity index (χ3v) is 4.16. The molecule has 0 unspecified atom stereocenters. The Morgan fingerprint density at radius 1 is 1.05 bits per heavy atom. The highest BCUT2D eigenvalue weighted by molar-refractivity contribution is 5.73. The Bertz CT molecular complexity index is 475. The van der Waals surface area contributed by atoms with Crippen LogP contribution in [0.3, 0.4) is 0 Å². The van der Waals surface area contributed by atoms with Gasteiger partial charge < -0.3 is 9.47 Å². The van der Waals surface area contributed by atoms with Crippen LogP contribution in [0.5, 0.6) is 0 Å². The molecule has 0 bridgehead atoms. The van der Waals surface area contributed by atoms with Gasteiger partial charge in [0, 0.05) is 6.42 Å². The van der Waals surface area contributed by atoms with Crippen molar-refractivity contribution in [1.29, 1.82) is 0 Å². The number of ether oxygens (including phenoxy) is 2. The lowest BCUT2D eigenvalue weighted by Crippen LogP contribution is -2.25. The predicted molar refractivity (Wildman–Crippen MR) is 82.9 cm³/mol. The van der Waals surface area contributed by atoms with Crippen molar-refractivity contribution in [2.24, 2.45) is 11.8 Å². The van der Waals surface area contributed by atoms with Crippen LogP contribution in [-0.2, 0) is 25.7 Å². The Balaban J connectivity index is 1.69. The molecule has 0 aromatic heterocycles. The zero-order valence-electron chi connectivity index (χ0n) is 13.1. The Kier molecular flexibility index (Phi) is 6.44. The lowest BCUT2D eigenvalue weighted by atomic mass is 9.80. The van der Waals surface area contributed by atoms with Crippen LogP contribution < -0.4 is 0 Å². The molecule has 1 aliphatic carbocycles. The lowest BCUT2D eigenvalue weighted by Gasteiger charge is -2.26. The molecule has 1 aliphatic rings. The first-order valence-electron chi connectivity index (χ1n) is 8.05. The van der Waals surface area contributed by atoms with Gasteiger partial charge in [0.15, 0.2) is 0 Å². The largest absolute Gasteiger partial charge is 0.466 e. The highest BCUT2D eigenvalue weighted by atomic mass is 16.5. The summed E-state index contributed by atoms with van der Waals surface area (Å²) in [5, 5.41) is 0. The highest BCUT2D eigenvalue weighted by Gasteiger charge is 2.28. The van der Waals surface area contributed by atoms with Crippen molar-refractivity contribution in [2.75, 3.05) is 6.61 Å². The van der Waals surface area contributed by atoms with Gasteiger partial charge in [-0.05, 0) is 44.1 Å². The molecule has 1 saturated carbocycles. The Labute approximate surface area is 131 Å². The predicted octanol–water partition coefficient (Wildman–Crippen LogP) is 3.49. The molecule has 1 aromatic carbocycles. The van der Waals surface area contributed by atoms with Crippen LogP contribution in [-0.4, -0.2) is 18.5 Å². The van der Waals surface area contributed by atoms with Crippen LogP contribution in [0.4, 0.5) is 0 Å². The van der Waals surface area contributed by atoms with E-state index in [0.29, 0.717) is 25.6 Å². The second-order valence-electron chi connectivity index (χ2n) is 5.82. The molecule has 22 heavy (non-hydrogen) atoms. The number of hydrogen-bond acceptors (Lipinski definition) is 4. The van der Waals surface area contributed by atoms with Crippen LogP contribution in [0.25, 0.3) is 0 Å². The van der Waals surface area contributed by atoms with Gasteiger partial charge in [-0.25, -0.2) is 0 Å². The average molecular weight is 304 g/mol. The molecule has 0 radical (unpaired) electrons. The van der Waals surface area contributed by atoms with E-state index in [1.807, 2.05) is 37.3 Å². The van der Waals surface area contributed by atoms with Gasteiger partial charge >= 0.3 is 11.9 Å². The van der Waals surface area contributed by atoms with E-state index in [1.165, 1.54) is 0 Å². The van der Waals surface area contributed by atoms with Gasteiger partial charge in [-0.1, -0.05) is 30.3 Å². The first-order chi connectivity index (χ1) is 10.7. The number of benzene rings is 1. The SMILES string of the molecule is CCOC(=O)C[C@H]1CC[C@H](C(=O)OCc2ccccc2)CC1. The van der Waals surface area contributed by atoms with Crippen molar-refractivity contribution < 1.29 is 19.1 Å². The van der Waals surface area contributed by atoms with Gasteiger partial charge in [0.1, 0.15) is 6.61 Å². The zero-order chi connectivity index (χ0) is 15.8. The Morgan fingerprint density at radius 3 is 2.36 bits per heavy atom. The van der Waals surface area contributed by atoms with Crippen LogP contribution in [0, 0.1) is 11.8 Å². The minimum absolute atomic E-state index is 0.0258. The van der Waals surface area contributed by atoms with Gasteiger partial charge in [-0.15, -0.1) is 0 Å². The highest BCUT2D eigenvalue weighted by Crippen LogP contribution is 2.31. The number of carbonyl (C=O) groups is 2. The van der Waals surface area contributed by atoms with Crippen molar-refractivity contribution in [3.8, 4) is 0 Å². The lowest BCUT2D eigenvalue weighted by molar-refractivity contribution is -0.151. The summed E-state index contributed by atoms with van der Waals surface area (Å²) < 4.78 is 10.4. The monoisotopic (exact) mass is 304 g/mol. The minimum Gasteiger partial charge on any atom is -0.466 e. The standard InChI is InChI=1S/C18H24O4/c1-2-21-17(19)12-14-8-10-16(11-9-14)18(20)22-13-15-6-4-3-5-7-15/h3-7,14,16H,2,8-13H2,1H3/t14-,16-. The summed E-state index contributed by atoms with van der Waals surface area (Å²) in [5.41, 5.74) is 1.01. The van der Waals surface area contributed by atoms with Crippen molar-refractivity contribution in [3.05, 3.63) is 35.9 Å². The van der Waals surface area contributed by atoms with E-state index in [0.717, 1.165) is 31.2 Å². The maximum Gasteiger partial charge on any atom is 0.309 e. The minimum atomic E-state index is -0.127. The van der Waals surface area contributed by atoms with E-state index in [-0.39, 0.29) is 17.9 Å². The quantitative estimate of drug-likeness (QED) is 0.755. The smallest absolute Gasteiger partial charge is 0.309 e. The second-order valence-corrected chi connectivity index (χ2v) is 5.82. The molecule has 0 atom stereocenters. The number of esters is 2. The van der Waals surface area contributed by atoms with E-state index >= 15 is 0 Å². The molecule has 1 aromatic rings. The summed E-state index contributed by atoms with van der Waals surface area (Å²) in [5.74, 6) is 0.0791. The maximum absolute atomic E-state index is 12.1. The van der Waals surface area contributed by atoms with E-state index in [9.17, 15) is 9.59 Å². The van der Waals surface area contributed by atoms with E-state index < -0.39 is 0 Å². The fourth-order valence-electron chi connectivity index (χ4n) is 2.90. The first kappa shape index (κ1) is 16.5. The van der Waals surface area contributed by atoms with Crippen LogP contribution in [0.2, 0.25) is 0 Å². The molecular formula is C18H24O4. The molecule has 1 fully saturated rings. The number of rotatable bonds is 6. The van der Waals surface area contributed by atoms with Crippen LogP contribution >= 0.6 is 0 Å². The van der Waals surface area contributed by atoms with Crippen molar-refractivity contribution >= 4 is 11.9 Å². The molecule has 4 heteroatoms. The summed E-state index contributed by atoms with van der Waals surface area (Å²) >= 11 is 0. The van der Waals surface area contributed by atoms with Gasteiger partial charge in [0.05, 0.1) is 12.5 Å². The number of carbonyl (C=O) groups excluding carboxylic acids is 2. The average Bonchev–Trinajstić information content (AvgIpc) is 2.54. The van der Waals surface area contributed by atoms with E-state index in [4.69, 9.17) is 9.47 Å². The summed E-state index contributed by atoms with van der Waals surface area (Å²) in [6.45, 7) is 2.58. The molecule has 0 aliphatic heterocycles. The third kappa shape index (κ3) is 5.17. The van der Waals surface area contributed by atoms with Crippen LogP contribution in [0.1, 0.15) is 44.6 Å². The van der Waals surface area contributed by atoms with Crippen molar-refractivity contribution in [1.82, 2.24) is 0 Å². The van der Waals surface area contributed by atoms with E-state index in [1.54, 1.807) is 0 Å². The summed E-state index contributed by atoms with van der Waals surface area (Å²) in [7, 11) is 0. The fourth-order valence-corrected chi connectivity index (χ4v) is 2.90. The van der Waals surface area contributed by atoms with Gasteiger partial charge in [-0.2, -0.15) is 0 Å². The summed E-state index contributed by atoms with van der Waals surface area (Å²) in [4.78, 5) is 23.6. The first-order valence-corrected chi connectivity index (χ1v) is 8.05. The molecule has 0 spiro atoms. The fraction of sp³-hybridized carbons (Fsp3) is 0.556. The van der Waals surface area contributed by atoms with Gasteiger partial charge in [0.2, 0.25) is 0 Å². The summed E-state index contributed by atoms with van der Waals surface area (Å²) in [6.07, 6.45) is 3.86. The molecule has 0 heterocycles. The topological polar surface area (TPSA) is 52.6 Å². The van der Waals surface area contributed by atoms with Crippen molar-refractivity contribution in [3.63, 3.8) is 0 Å². The second kappa shape index (κ2) is 8.57. The Morgan fingerprint density at radius 2 is 1.73 bits per heavy atom. The maximum atomic E-state index is 12.1. The molecule has 4 nitrogen and oxygen atoms in total. The molecule has 2 rings (SSSR count). The van der Waals surface area contributed by atoms with Crippen LogP contribution in [0.15, 0.2) is 30.3 Å². The van der Waals surface area contributed by atoms with Gasteiger partial charge in [-0.3, -0.25) is 9.59 Å². The zero-order valence-corrected chi connectivity index (χ0v) is 13.1. The molecule has 120 valence electrons. The summed E-state index contributed by atoms with van der Waals surface area (Å²) in [6, 6.07) is 9.71.